The van der Waals surface area contributed by atoms with Crippen molar-refractivity contribution in [3.05, 3.63) is 17.0 Å². The standard InChI is InChI=1S/C12H19N3O3/c1-4-6-13-10(16)5-7-14-12(17)11-8(2)15-18-9(11)3/h4-7H2,1-3H3,(H,13,16)(H,14,17). The molecule has 0 spiro atoms. The lowest BCUT2D eigenvalue weighted by Crippen LogP contribution is -2.31. The van der Waals surface area contributed by atoms with E-state index >= 15 is 0 Å². The van der Waals surface area contributed by atoms with E-state index < -0.39 is 0 Å². The molecule has 100 valence electrons. The van der Waals surface area contributed by atoms with E-state index in [1.165, 1.54) is 0 Å². The number of aryl methyl sites for hydroxylation is 2. The highest BCUT2D eigenvalue weighted by molar-refractivity contribution is 5.96. The van der Waals surface area contributed by atoms with E-state index in [0.29, 0.717) is 30.1 Å². The second-order valence-electron chi connectivity index (χ2n) is 4.06. The molecule has 6 nitrogen and oxygen atoms in total. The van der Waals surface area contributed by atoms with Gasteiger partial charge in [-0.05, 0) is 20.3 Å². The maximum absolute atomic E-state index is 11.8. The fourth-order valence-electron chi connectivity index (χ4n) is 1.54. The van der Waals surface area contributed by atoms with Gasteiger partial charge in [-0.2, -0.15) is 0 Å². The van der Waals surface area contributed by atoms with Crippen LogP contribution in [0.3, 0.4) is 0 Å². The van der Waals surface area contributed by atoms with Crippen LogP contribution >= 0.6 is 0 Å². The van der Waals surface area contributed by atoms with E-state index in [9.17, 15) is 9.59 Å². The second kappa shape index (κ2) is 6.78. The van der Waals surface area contributed by atoms with Crippen LogP contribution in [0, 0.1) is 13.8 Å². The minimum atomic E-state index is -0.255. The van der Waals surface area contributed by atoms with Gasteiger partial charge in [-0.15, -0.1) is 0 Å². The van der Waals surface area contributed by atoms with Gasteiger partial charge in [0, 0.05) is 19.5 Å². The molecule has 0 saturated carbocycles. The number of hydrogen-bond donors (Lipinski definition) is 2. The van der Waals surface area contributed by atoms with E-state index in [0.717, 1.165) is 6.42 Å². The molecular formula is C12H19N3O3. The van der Waals surface area contributed by atoms with Crippen molar-refractivity contribution in [2.75, 3.05) is 13.1 Å². The van der Waals surface area contributed by atoms with E-state index in [1.54, 1.807) is 13.8 Å². The normalized spacial score (nSPS) is 10.2. The molecule has 1 aromatic rings. The lowest BCUT2D eigenvalue weighted by molar-refractivity contribution is -0.120. The average Bonchev–Trinajstić information content (AvgIpc) is 2.66. The number of amides is 2. The second-order valence-corrected chi connectivity index (χ2v) is 4.06. The first kappa shape index (κ1) is 14.2. The highest BCUT2D eigenvalue weighted by Gasteiger charge is 2.16. The Bertz CT molecular complexity index is 407. The monoisotopic (exact) mass is 253 g/mol. The number of rotatable bonds is 6. The molecule has 1 aromatic heterocycles. The number of carbonyl (C=O) groups excluding carboxylic acids is 2. The van der Waals surface area contributed by atoms with Crippen LogP contribution in [0.25, 0.3) is 0 Å². The molecule has 0 unspecified atom stereocenters. The summed E-state index contributed by atoms with van der Waals surface area (Å²) >= 11 is 0. The van der Waals surface area contributed by atoms with Crippen LogP contribution < -0.4 is 10.6 Å². The molecule has 6 heteroatoms. The van der Waals surface area contributed by atoms with Crippen LogP contribution in [-0.4, -0.2) is 30.1 Å². The predicted octanol–water partition coefficient (Wildman–Crippen LogP) is 0.938. The Labute approximate surface area is 106 Å². The molecule has 1 rings (SSSR count). The number of hydrogen-bond acceptors (Lipinski definition) is 4. The fourth-order valence-corrected chi connectivity index (χ4v) is 1.54. The zero-order valence-corrected chi connectivity index (χ0v) is 11.0. The third-order valence-electron chi connectivity index (χ3n) is 2.47. The van der Waals surface area contributed by atoms with Gasteiger partial charge in [0.2, 0.25) is 5.91 Å². The lowest BCUT2D eigenvalue weighted by Gasteiger charge is -2.05. The van der Waals surface area contributed by atoms with Gasteiger partial charge in [0.05, 0.1) is 5.69 Å². The number of nitrogens with one attached hydrogen (secondary N) is 2. The SMILES string of the molecule is CCCNC(=O)CCNC(=O)c1c(C)noc1C. The maximum Gasteiger partial charge on any atom is 0.256 e. The van der Waals surface area contributed by atoms with Crippen molar-refractivity contribution in [1.29, 1.82) is 0 Å². The molecule has 1 heterocycles. The molecule has 0 aliphatic rings. The smallest absolute Gasteiger partial charge is 0.256 e. The largest absolute Gasteiger partial charge is 0.361 e. The first-order valence-corrected chi connectivity index (χ1v) is 6.04. The molecule has 0 aliphatic heterocycles. The minimum Gasteiger partial charge on any atom is -0.361 e. The zero-order valence-electron chi connectivity index (χ0n) is 11.0. The van der Waals surface area contributed by atoms with Gasteiger partial charge >= 0.3 is 0 Å². The Hall–Kier alpha value is -1.85. The van der Waals surface area contributed by atoms with Crippen molar-refractivity contribution in [3.63, 3.8) is 0 Å². The summed E-state index contributed by atoms with van der Waals surface area (Å²) in [6, 6.07) is 0. The zero-order chi connectivity index (χ0) is 13.5. The Morgan fingerprint density at radius 2 is 1.94 bits per heavy atom. The van der Waals surface area contributed by atoms with Crippen LogP contribution in [0.1, 0.15) is 41.6 Å². The van der Waals surface area contributed by atoms with Gasteiger partial charge in [-0.25, -0.2) is 0 Å². The number of nitrogens with zero attached hydrogens (tertiary/aromatic N) is 1. The van der Waals surface area contributed by atoms with Gasteiger partial charge < -0.3 is 15.2 Å². The van der Waals surface area contributed by atoms with Gasteiger partial charge in [0.15, 0.2) is 0 Å². The third kappa shape index (κ3) is 3.87. The summed E-state index contributed by atoms with van der Waals surface area (Å²) in [5.74, 6) is 0.172. The van der Waals surface area contributed by atoms with Gasteiger partial charge in [0.25, 0.3) is 5.91 Å². The molecule has 0 atom stereocenters. The van der Waals surface area contributed by atoms with Crippen LogP contribution in [0.5, 0.6) is 0 Å². The van der Waals surface area contributed by atoms with Gasteiger partial charge in [-0.1, -0.05) is 12.1 Å². The van der Waals surface area contributed by atoms with Gasteiger partial charge in [0.1, 0.15) is 11.3 Å². The highest BCUT2D eigenvalue weighted by Crippen LogP contribution is 2.11. The Morgan fingerprint density at radius 1 is 1.22 bits per heavy atom. The molecule has 0 aliphatic carbocycles. The predicted molar refractivity (Wildman–Crippen MR) is 66.2 cm³/mol. The molecule has 0 fully saturated rings. The average molecular weight is 253 g/mol. The molecule has 0 bridgehead atoms. The van der Waals surface area contributed by atoms with E-state index in [4.69, 9.17) is 4.52 Å². The summed E-state index contributed by atoms with van der Waals surface area (Å²) in [5, 5.41) is 9.12. The summed E-state index contributed by atoms with van der Waals surface area (Å²) < 4.78 is 4.91. The van der Waals surface area contributed by atoms with Crippen molar-refractivity contribution in [2.24, 2.45) is 0 Å². The molecule has 0 saturated heterocycles. The summed E-state index contributed by atoms with van der Waals surface area (Å²) in [6.45, 7) is 6.34. The Morgan fingerprint density at radius 3 is 2.50 bits per heavy atom. The van der Waals surface area contributed by atoms with Crippen LogP contribution in [0.2, 0.25) is 0 Å². The van der Waals surface area contributed by atoms with Crippen molar-refractivity contribution >= 4 is 11.8 Å². The Balaban J connectivity index is 2.36. The van der Waals surface area contributed by atoms with E-state index in [-0.39, 0.29) is 18.2 Å². The molecule has 2 amide bonds. The van der Waals surface area contributed by atoms with Crippen LogP contribution in [0.15, 0.2) is 4.52 Å². The van der Waals surface area contributed by atoms with Crippen LogP contribution in [0.4, 0.5) is 0 Å². The van der Waals surface area contributed by atoms with E-state index in [2.05, 4.69) is 15.8 Å². The molecule has 0 aromatic carbocycles. The molecule has 18 heavy (non-hydrogen) atoms. The first-order chi connectivity index (χ1) is 8.56. The van der Waals surface area contributed by atoms with Crippen molar-refractivity contribution < 1.29 is 14.1 Å². The topological polar surface area (TPSA) is 84.2 Å². The quantitative estimate of drug-likeness (QED) is 0.790. The van der Waals surface area contributed by atoms with Crippen molar-refractivity contribution in [2.45, 2.75) is 33.6 Å². The minimum absolute atomic E-state index is 0.0593. The van der Waals surface area contributed by atoms with Crippen LogP contribution in [-0.2, 0) is 4.79 Å². The summed E-state index contributed by atoms with van der Waals surface area (Å²) in [7, 11) is 0. The summed E-state index contributed by atoms with van der Waals surface area (Å²) in [6.07, 6.45) is 1.17. The Kier molecular flexibility index (Phi) is 5.35. The van der Waals surface area contributed by atoms with E-state index in [1.807, 2.05) is 6.92 Å². The lowest BCUT2D eigenvalue weighted by atomic mass is 10.2. The maximum atomic E-state index is 11.8. The molecule has 0 radical (unpaired) electrons. The summed E-state index contributed by atoms with van der Waals surface area (Å²) in [5.41, 5.74) is 1.00. The molecular weight excluding hydrogens is 234 g/mol. The summed E-state index contributed by atoms with van der Waals surface area (Å²) in [4.78, 5) is 23.1. The number of aromatic nitrogens is 1. The third-order valence-corrected chi connectivity index (χ3v) is 2.47. The first-order valence-electron chi connectivity index (χ1n) is 6.04. The van der Waals surface area contributed by atoms with Crippen molar-refractivity contribution in [1.82, 2.24) is 15.8 Å². The highest BCUT2D eigenvalue weighted by atomic mass is 16.5. The number of carbonyl (C=O) groups is 2. The van der Waals surface area contributed by atoms with Crippen molar-refractivity contribution in [3.8, 4) is 0 Å². The van der Waals surface area contributed by atoms with Gasteiger partial charge in [-0.3, -0.25) is 9.59 Å². The fraction of sp³-hybridized carbons (Fsp3) is 0.583. The molecule has 2 N–H and O–H groups in total.